The van der Waals surface area contributed by atoms with Crippen LogP contribution in [0.3, 0.4) is 0 Å². The number of rotatable bonds is 8. The molecule has 6 nitrogen and oxygen atoms in total. The molecule has 1 atom stereocenters. The van der Waals surface area contributed by atoms with E-state index in [-0.39, 0.29) is 19.0 Å². The fraction of sp³-hybridized carbons (Fsp3) is 0.533. The predicted molar refractivity (Wildman–Crippen MR) is 85.9 cm³/mol. The molecule has 0 aliphatic heterocycles. The maximum Gasteiger partial charge on any atom is 0.235 e. The molecule has 0 saturated heterocycles. The number of nitrogens with one attached hydrogen (secondary N) is 1. The number of ether oxygens (including phenoxy) is 1. The van der Waals surface area contributed by atoms with E-state index in [2.05, 4.69) is 5.32 Å². The van der Waals surface area contributed by atoms with Crippen molar-refractivity contribution in [2.75, 3.05) is 33.5 Å². The SMILES string of the molecule is CCC(CNC(=O)CN(C)S(C)(=O)=O)(OC)c1ccccc1. The van der Waals surface area contributed by atoms with Gasteiger partial charge < -0.3 is 10.1 Å². The molecule has 0 heterocycles. The van der Waals surface area contributed by atoms with E-state index < -0.39 is 15.6 Å². The normalized spacial score (nSPS) is 14.6. The van der Waals surface area contributed by atoms with Crippen LogP contribution in [0.5, 0.6) is 0 Å². The standard InChI is InChI=1S/C15H24N2O4S/c1-5-15(21-3,13-9-7-6-8-10-13)12-16-14(18)11-17(2)22(4,19)20/h6-10H,5,11-12H2,1-4H3,(H,16,18). The summed E-state index contributed by atoms with van der Waals surface area (Å²) in [6, 6.07) is 9.64. The van der Waals surface area contributed by atoms with Crippen LogP contribution in [0.25, 0.3) is 0 Å². The largest absolute Gasteiger partial charge is 0.372 e. The summed E-state index contributed by atoms with van der Waals surface area (Å²) < 4.78 is 29.3. The summed E-state index contributed by atoms with van der Waals surface area (Å²) in [4.78, 5) is 11.9. The zero-order valence-corrected chi connectivity index (χ0v) is 14.3. The van der Waals surface area contributed by atoms with E-state index in [1.54, 1.807) is 7.11 Å². The summed E-state index contributed by atoms with van der Waals surface area (Å²) in [5, 5.41) is 2.76. The molecule has 22 heavy (non-hydrogen) atoms. The Morgan fingerprint density at radius 2 is 1.91 bits per heavy atom. The number of carbonyl (C=O) groups is 1. The Labute approximate surface area is 132 Å². The molecular weight excluding hydrogens is 304 g/mol. The number of likely N-dealkylation sites (N-methyl/N-ethyl adjacent to an activating group) is 1. The molecule has 124 valence electrons. The van der Waals surface area contributed by atoms with Gasteiger partial charge in [0.25, 0.3) is 0 Å². The average molecular weight is 328 g/mol. The highest BCUT2D eigenvalue weighted by molar-refractivity contribution is 7.88. The minimum Gasteiger partial charge on any atom is -0.372 e. The smallest absolute Gasteiger partial charge is 0.235 e. The van der Waals surface area contributed by atoms with Crippen molar-refractivity contribution in [3.8, 4) is 0 Å². The van der Waals surface area contributed by atoms with Gasteiger partial charge in [-0.1, -0.05) is 37.3 Å². The first-order valence-corrected chi connectivity index (χ1v) is 8.88. The molecule has 0 bridgehead atoms. The highest BCUT2D eigenvalue weighted by Gasteiger charge is 2.30. The molecule has 1 rings (SSSR count). The minimum atomic E-state index is -3.37. The molecule has 0 fully saturated rings. The van der Waals surface area contributed by atoms with Crippen molar-refractivity contribution in [2.45, 2.75) is 18.9 Å². The van der Waals surface area contributed by atoms with Gasteiger partial charge >= 0.3 is 0 Å². The molecule has 1 aromatic carbocycles. The number of hydrogen-bond donors (Lipinski definition) is 1. The van der Waals surface area contributed by atoms with Crippen molar-refractivity contribution in [3.05, 3.63) is 35.9 Å². The summed E-state index contributed by atoms with van der Waals surface area (Å²) in [6.07, 6.45) is 1.74. The van der Waals surface area contributed by atoms with Crippen molar-refractivity contribution in [3.63, 3.8) is 0 Å². The van der Waals surface area contributed by atoms with Gasteiger partial charge in [0.15, 0.2) is 0 Å². The number of amides is 1. The molecule has 7 heteroatoms. The first-order chi connectivity index (χ1) is 10.2. The van der Waals surface area contributed by atoms with Gasteiger partial charge in [-0.3, -0.25) is 4.79 Å². The summed E-state index contributed by atoms with van der Waals surface area (Å²) in [5.74, 6) is -0.362. The molecule has 1 aromatic rings. The Morgan fingerprint density at radius 3 is 2.36 bits per heavy atom. The van der Waals surface area contributed by atoms with Gasteiger partial charge in [-0.05, 0) is 12.0 Å². The van der Waals surface area contributed by atoms with E-state index in [1.807, 2.05) is 37.3 Å². The first kappa shape index (κ1) is 18.6. The maximum absolute atomic E-state index is 11.9. The number of hydrogen-bond acceptors (Lipinski definition) is 4. The van der Waals surface area contributed by atoms with Gasteiger partial charge in [0.2, 0.25) is 15.9 Å². The van der Waals surface area contributed by atoms with E-state index in [4.69, 9.17) is 4.74 Å². The molecule has 0 saturated carbocycles. The van der Waals surface area contributed by atoms with E-state index >= 15 is 0 Å². The number of nitrogens with zero attached hydrogens (tertiary/aromatic N) is 1. The predicted octanol–water partition coefficient (Wildman–Crippen LogP) is 0.946. The van der Waals surface area contributed by atoms with Crippen molar-refractivity contribution < 1.29 is 17.9 Å². The Hall–Kier alpha value is -1.44. The molecule has 0 spiro atoms. The number of carbonyl (C=O) groups excluding carboxylic acids is 1. The summed E-state index contributed by atoms with van der Waals surface area (Å²) in [5.41, 5.74) is 0.345. The van der Waals surface area contributed by atoms with Gasteiger partial charge in [-0.2, -0.15) is 4.31 Å². The summed E-state index contributed by atoms with van der Waals surface area (Å²) in [6.45, 7) is 2.04. The quantitative estimate of drug-likeness (QED) is 0.771. The molecule has 0 aromatic heterocycles. The van der Waals surface area contributed by atoms with E-state index in [1.165, 1.54) is 7.05 Å². The Morgan fingerprint density at radius 1 is 1.32 bits per heavy atom. The molecular formula is C15H24N2O4S. The van der Waals surface area contributed by atoms with Crippen LogP contribution in [0.4, 0.5) is 0 Å². The third-order valence-electron chi connectivity index (χ3n) is 3.77. The highest BCUT2D eigenvalue weighted by Crippen LogP contribution is 2.27. The molecule has 0 aliphatic carbocycles. The van der Waals surface area contributed by atoms with Crippen molar-refractivity contribution in [2.24, 2.45) is 0 Å². The fourth-order valence-corrected chi connectivity index (χ4v) is 2.48. The van der Waals surface area contributed by atoms with Crippen molar-refractivity contribution >= 4 is 15.9 Å². The molecule has 1 unspecified atom stereocenters. The topological polar surface area (TPSA) is 75.7 Å². The Balaban J connectivity index is 2.76. The van der Waals surface area contributed by atoms with Crippen LogP contribution in [-0.4, -0.2) is 52.1 Å². The lowest BCUT2D eigenvalue weighted by atomic mass is 9.90. The first-order valence-electron chi connectivity index (χ1n) is 7.04. The number of methoxy groups -OCH3 is 1. The summed E-state index contributed by atoms with van der Waals surface area (Å²) in [7, 11) is -0.401. The third kappa shape index (κ3) is 4.79. The summed E-state index contributed by atoms with van der Waals surface area (Å²) >= 11 is 0. The van der Waals surface area contributed by atoms with Crippen molar-refractivity contribution in [1.29, 1.82) is 0 Å². The average Bonchev–Trinajstić information content (AvgIpc) is 2.49. The van der Waals surface area contributed by atoms with E-state index in [0.29, 0.717) is 6.42 Å². The zero-order valence-electron chi connectivity index (χ0n) is 13.5. The number of benzene rings is 1. The molecule has 0 aliphatic rings. The van der Waals surface area contributed by atoms with Crippen LogP contribution in [0.2, 0.25) is 0 Å². The second-order valence-corrected chi connectivity index (χ2v) is 7.30. The molecule has 0 radical (unpaired) electrons. The van der Waals surface area contributed by atoms with Gasteiger partial charge in [-0.25, -0.2) is 8.42 Å². The highest BCUT2D eigenvalue weighted by atomic mass is 32.2. The lowest BCUT2D eigenvalue weighted by molar-refractivity contribution is -0.123. The van der Waals surface area contributed by atoms with Gasteiger partial charge in [0.1, 0.15) is 5.60 Å². The van der Waals surface area contributed by atoms with Crippen LogP contribution in [0.1, 0.15) is 18.9 Å². The zero-order chi connectivity index (χ0) is 16.8. The lowest BCUT2D eigenvalue weighted by Gasteiger charge is -2.32. The lowest BCUT2D eigenvalue weighted by Crippen LogP contribution is -2.45. The van der Waals surface area contributed by atoms with Crippen LogP contribution in [-0.2, 0) is 25.2 Å². The number of sulfonamides is 1. The molecule has 1 N–H and O–H groups in total. The van der Waals surface area contributed by atoms with Crippen LogP contribution in [0.15, 0.2) is 30.3 Å². The third-order valence-corrected chi connectivity index (χ3v) is 5.03. The maximum atomic E-state index is 11.9. The van der Waals surface area contributed by atoms with Crippen LogP contribution >= 0.6 is 0 Å². The van der Waals surface area contributed by atoms with Gasteiger partial charge in [-0.15, -0.1) is 0 Å². The minimum absolute atomic E-state index is 0.211. The van der Waals surface area contributed by atoms with Crippen molar-refractivity contribution in [1.82, 2.24) is 9.62 Å². The second kappa shape index (κ2) is 7.71. The molecule has 1 amide bonds. The van der Waals surface area contributed by atoms with Gasteiger partial charge in [0, 0.05) is 14.2 Å². The monoisotopic (exact) mass is 328 g/mol. The van der Waals surface area contributed by atoms with E-state index in [9.17, 15) is 13.2 Å². The Kier molecular flexibility index (Phi) is 6.52. The second-order valence-electron chi connectivity index (χ2n) is 5.21. The van der Waals surface area contributed by atoms with E-state index in [0.717, 1.165) is 16.1 Å². The van der Waals surface area contributed by atoms with Gasteiger partial charge in [0.05, 0.1) is 19.3 Å². The fourth-order valence-electron chi connectivity index (χ4n) is 2.12. The Bertz CT molecular complexity index is 583. The van der Waals surface area contributed by atoms with Crippen LogP contribution in [0, 0.1) is 0 Å². The van der Waals surface area contributed by atoms with Crippen LogP contribution < -0.4 is 5.32 Å².